The average molecular weight is 309 g/mol. The van der Waals surface area contributed by atoms with E-state index in [1.807, 2.05) is 38.4 Å². The predicted molar refractivity (Wildman–Crippen MR) is 89.3 cm³/mol. The summed E-state index contributed by atoms with van der Waals surface area (Å²) in [6.07, 6.45) is 0. The maximum atomic E-state index is 6.26. The van der Waals surface area contributed by atoms with Gasteiger partial charge in [-0.05, 0) is 36.8 Å². The van der Waals surface area contributed by atoms with E-state index in [2.05, 4.69) is 29.3 Å². The van der Waals surface area contributed by atoms with Gasteiger partial charge in [0.25, 0.3) is 0 Å². The minimum atomic E-state index is 0.0820. The predicted octanol–water partition coefficient (Wildman–Crippen LogP) is 5.23. The van der Waals surface area contributed by atoms with Crippen LogP contribution in [-0.2, 0) is 0 Å². The molecule has 2 rings (SSSR count). The summed E-state index contributed by atoms with van der Waals surface area (Å²) >= 11 is 12.3. The lowest BCUT2D eigenvalue weighted by Crippen LogP contribution is -2.10. The van der Waals surface area contributed by atoms with E-state index < -0.39 is 0 Å². The Kier molecular flexibility index (Phi) is 4.79. The zero-order chi connectivity index (χ0) is 14.7. The molecule has 0 radical (unpaired) electrons. The average Bonchev–Trinajstić information content (AvgIpc) is 2.42. The second kappa shape index (κ2) is 6.38. The highest BCUT2D eigenvalue weighted by Crippen LogP contribution is 2.31. The van der Waals surface area contributed by atoms with Crippen molar-refractivity contribution in [3.63, 3.8) is 0 Å². The summed E-state index contributed by atoms with van der Waals surface area (Å²) in [5.41, 5.74) is 3.20. The van der Waals surface area contributed by atoms with Crippen LogP contribution in [0.3, 0.4) is 0 Å². The van der Waals surface area contributed by atoms with Gasteiger partial charge in [0.05, 0.1) is 16.1 Å². The van der Waals surface area contributed by atoms with Gasteiger partial charge in [-0.3, -0.25) is 0 Å². The first-order valence-corrected chi connectivity index (χ1v) is 7.22. The van der Waals surface area contributed by atoms with Crippen molar-refractivity contribution in [3.05, 3.63) is 58.1 Å². The molecular weight excluding hydrogens is 291 g/mol. The van der Waals surface area contributed by atoms with Gasteiger partial charge in [0.2, 0.25) is 0 Å². The molecule has 106 valence electrons. The van der Waals surface area contributed by atoms with E-state index in [-0.39, 0.29) is 6.04 Å². The minimum absolute atomic E-state index is 0.0820. The van der Waals surface area contributed by atoms with E-state index in [4.69, 9.17) is 23.2 Å². The first-order valence-electron chi connectivity index (χ1n) is 6.47. The minimum Gasteiger partial charge on any atom is -0.378 e. The maximum absolute atomic E-state index is 6.26. The van der Waals surface area contributed by atoms with Gasteiger partial charge in [-0.1, -0.05) is 41.4 Å². The molecule has 1 unspecified atom stereocenters. The molecule has 0 heterocycles. The van der Waals surface area contributed by atoms with Crippen molar-refractivity contribution in [2.45, 2.75) is 13.0 Å². The van der Waals surface area contributed by atoms with Crippen LogP contribution in [0.4, 0.5) is 11.4 Å². The topological polar surface area (TPSA) is 15.3 Å². The van der Waals surface area contributed by atoms with E-state index in [1.165, 1.54) is 0 Å². The molecule has 2 aromatic carbocycles. The number of hydrogen-bond acceptors (Lipinski definition) is 2. The van der Waals surface area contributed by atoms with E-state index in [9.17, 15) is 0 Å². The molecule has 1 N–H and O–H groups in total. The number of anilines is 2. The highest BCUT2D eigenvalue weighted by Gasteiger charge is 2.12. The van der Waals surface area contributed by atoms with E-state index in [1.54, 1.807) is 6.07 Å². The van der Waals surface area contributed by atoms with Crippen LogP contribution in [-0.4, -0.2) is 14.1 Å². The summed E-state index contributed by atoms with van der Waals surface area (Å²) in [4.78, 5) is 2.07. The molecule has 0 aliphatic heterocycles. The number of rotatable bonds is 4. The van der Waals surface area contributed by atoms with Gasteiger partial charge in [-0.25, -0.2) is 0 Å². The van der Waals surface area contributed by atoms with Crippen molar-refractivity contribution in [2.75, 3.05) is 24.3 Å². The molecule has 0 aliphatic rings. The monoisotopic (exact) mass is 308 g/mol. The van der Waals surface area contributed by atoms with Crippen LogP contribution < -0.4 is 10.2 Å². The lowest BCUT2D eigenvalue weighted by Gasteiger charge is -2.19. The molecule has 0 aliphatic carbocycles. The molecule has 0 aromatic heterocycles. The van der Waals surface area contributed by atoms with E-state index in [0.29, 0.717) is 10.0 Å². The molecule has 2 nitrogen and oxygen atoms in total. The first-order chi connectivity index (χ1) is 9.49. The molecule has 20 heavy (non-hydrogen) atoms. The summed E-state index contributed by atoms with van der Waals surface area (Å²) in [6, 6.07) is 14.0. The van der Waals surface area contributed by atoms with Crippen LogP contribution in [0, 0.1) is 0 Å². The Bertz CT molecular complexity index is 597. The highest BCUT2D eigenvalue weighted by molar-refractivity contribution is 6.42. The van der Waals surface area contributed by atoms with Gasteiger partial charge in [0.15, 0.2) is 0 Å². The molecular formula is C16H18Cl2N2. The van der Waals surface area contributed by atoms with Crippen LogP contribution in [0.1, 0.15) is 18.5 Å². The highest BCUT2D eigenvalue weighted by atomic mass is 35.5. The molecule has 0 bridgehead atoms. The van der Waals surface area contributed by atoms with Gasteiger partial charge >= 0.3 is 0 Å². The quantitative estimate of drug-likeness (QED) is 0.831. The zero-order valence-electron chi connectivity index (χ0n) is 11.8. The molecule has 0 saturated heterocycles. The number of nitrogens with one attached hydrogen (secondary N) is 1. The normalized spacial score (nSPS) is 12.1. The van der Waals surface area contributed by atoms with Crippen molar-refractivity contribution < 1.29 is 0 Å². The van der Waals surface area contributed by atoms with Crippen LogP contribution in [0.25, 0.3) is 0 Å². The fraction of sp³-hybridized carbons (Fsp3) is 0.250. The third-order valence-corrected chi connectivity index (χ3v) is 4.03. The molecule has 0 spiro atoms. The van der Waals surface area contributed by atoms with Crippen molar-refractivity contribution in [3.8, 4) is 0 Å². The van der Waals surface area contributed by atoms with Crippen LogP contribution in [0.5, 0.6) is 0 Å². The Morgan fingerprint density at radius 2 is 1.75 bits per heavy atom. The number of halogens is 2. The van der Waals surface area contributed by atoms with Crippen molar-refractivity contribution >= 4 is 34.6 Å². The van der Waals surface area contributed by atoms with Crippen LogP contribution in [0.15, 0.2) is 42.5 Å². The van der Waals surface area contributed by atoms with Gasteiger partial charge in [-0.15, -0.1) is 0 Å². The second-order valence-electron chi connectivity index (χ2n) is 4.95. The summed E-state index contributed by atoms with van der Waals surface area (Å²) in [7, 11) is 4.05. The lowest BCUT2D eigenvalue weighted by atomic mass is 10.1. The smallest absolute Gasteiger partial charge is 0.0644 e. The molecule has 4 heteroatoms. The molecule has 0 fully saturated rings. The first kappa shape index (κ1) is 15.0. The largest absolute Gasteiger partial charge is 0.378 e. The summed E-state index contributed by atoms with van der Waals surface area (Å²) in [6.45, 7) is 2.07. The number of hydrogen-bond donors (Lipinski definition) is 1. The Morgan fingerprint density at radius 1 is 1.05 bits per heavy atom. The SMILES string of the molecule is CC(Nc1cccc(N(C)C)c1)c1cccc(Cl)c1Cl. The molecule has 1 atom stereocenters. The van der Waals surface area contributed by atoms with Gasteiger partial charge in [-0.2, -0.15) is 0 Å². The van der Waals surface area contributed by atoms with Gasteiger partial charge < -0.3 is 10.2 Å². The Morgan fingerprint density at radius 3 is 2.45 bits per heavy atom. The summed E-state index contributed by atoms with van der Waals surface area (Å²) in [5.74, 6) is 0. The van der Waals surface area contributed by atoms with Gasteiger partial charge in [0.1, 0.15) is 0 Å². The van der Waals surface area contributed by atoms with Crippen molar-refractivity contribution in [2.24, 2.45) is 0 Å². The Balaban J connectivity index is 2.21. The second-order valence-corrected chi connectivity index (χ2v) is 5.74. The third-order valence-electron chi connectivity index (χ3n) is 3.19. The fourth-order valence-electron chi connectivity index (χ4n) is 2.06. The molecule has 0 saturated carbocycles. The number of nitrogens with zero attached hydrogens (tertiary/aromatic N) is 1. The van der Waals surface area contributed by atoms with E-state index >= 15 is 0 Å². The summed E-state index contributed by atoms with van der Waals surface area (Å²) in [5, 5.41) is 4.64. The van der Waals surface area contributed by atoms with E-state index in [0.717, 1.165) is 16.9 Å². The van der Waals surface area contributed by atoms with Crippen molar-refractivity contribution in [1.29, 1.82) is 0 Å². The fourth-order valence-corrected chi connectivity index (χ4v) is 2.53. The third kappa shape index (κ3) is 3.38. The van der Waals surface area contributed by atoms with Crippen molar-refractivity contribution in [1.82, 2.24) is 0 Å². The molecule has 0 amide bonds. The standard InChI is InChI=1S/C16H18Cl2N2/c1-11(14-8-5-9-15(17)16(14)18)19-12-6-4-7-13(10-12)20(2)3/h4-11,19H,1-3H3. The lowest BCUT2D eigenvalue weighted by molar-refractivity contribution is 0.885. The number of benzene rings is 2. The maximum Gasteiger partial charge on any atom is 0.0644 e. The zero-order valence-corrected chi connectivity index (χ0v) is 13.3. The summed E-state index contributed by atoms with van der Waals surface area (Å²) < 4.78 is 0. The Labute approximate surface area is 130 Å². The molecule has 2 aromatic rings. The van der Waals surface area contributed by atoms with Crippen LogP contribution in [0.2, 0.25) is 10.0 Å². The van der Waals surface area contributed by atoms with Gasteiger partial charge in [0, 0.05) is 25.5 Å². The Hall–Kier alpha value is -1.38. The van der Waals surface area contributed by atoms with Crippen LogP contribution >= 0.6 is 23.2 Å².